The lowest BCUT2D eigenvalue weighted by Crippen LogP contribution is -2.01. The Bertz CT molecular complexity index is 1010. The summed E-state index contributed by atoms with van der Waals surface area (Å²) in [5.74, 6) is 0. The molecule has 1 unspecified atom stereocenters. The van der Waals surface area contributed by atoms with Gasteiger partial charge in [-0.15, -0.1) is 0 Å². The second kappa shape index (κ2) is 8.71. The molecule has 3 aromatic carbocycles. The Kier molecular flexibility index (Phi) is 6.10. The van der Waals surface area contributed by atoms with Crippen LogP contribution >= 0.6 is 0 Å². The van der Waals surface area contributed by atoms with Gasteiger partial charge in [0.25, 0.3) is 0 Å². The maximum atomic E-state index is 4.49. The van der Waals surface area contributed by atoms with Crippen molar-refractivity contribution >= 4 is 6.34 Å². The second-order valence-corrected chi connectivity index (χ2v) is 7.30. The van der Waals surface area contributed by atoms with E-state index < -0.39 is 0 Å². The molecule has 0 aliphatic heterocycles. The Labute approximate surface area is 168 Å². The predicted molar refractivity (Wildman–Crippen MR) is 122 cm³/mol. The quantitative estimate of drug-likeness (QED) is 0.377. The lowest BCUT2D eigenvalue weighted by molar-refractivity contribution is 0.819. The lowest BCUT2D eigenvalue weighted by Gasteiger charge is -2.14. The van der Waals surface area contributed by atoms with Gasteiger partial charge in [-0.3, -0.25) is 4.99 Å². The molecular formula is C26H28N2. The number of benzene rings is 3. The smallest absolute Gasteiger partial charge is 0.0870 e. The van der Waals surface area contributed by atoms with E-state index in [-0.39, 0.29) is 6.04 Å². The van der Waals surface area contributed by atoms with Crippen LogP contribution in [0.3, 0.4) is 0 Å². The first-order valence-corrected chi connectivity index (χ1v) is 9.67. The van der Waals surface area contributed by atoms with Gasteiger partial charge in [-0.05, 0) is 72.8 Å². The minimum atomic E-state index is 0.102. The fourth-order valence-electron chi connectivity index (χ4n) is 3.51. The second-order valence-electron chi connectivity index (χ2n) is 7.30. The van der Waals surface area contributed by atoms with Crippen molar-refractivity contribution in [3.05, 3.63) is 95.7 Å². The minimum Gasteiger partial charge on any atom is -0.354 e. The van der Waals surface area contributed by atoms with Gasteiger partial charge in [0.05, 0.1) is 12.4 Å². The zero-order chi connectivity index (χ0) is 20.1. The van der Waals surface area contributed by atoms with E-state index in [4.69, 9.17) is 0 Å². The Balaban J connectivity index is 1.90. The highest BCUT2D eigenvalue weighted by Gasteiger charge is 2.10. The van der Waals surface area contributed by atoms with E-state index in [1.165, 1.54) is 44.5 Å². The molecule has 0 saturated carbocycles. The highest BCUT2D eigenvalue weighted by Crippen LogP contribution is 2.32. The van der Waals surface area contributed by atoms with E-state index in [0.29, 0.717) is 0 Å². The summed E-state index contributed by atoms with van der Waals surface area (Å²) < 4.78 is 0. The van der Waals surface area contributed by atoms with Crippen LogP contribution in [0, 0.1) is 20.8 Å². The molecule has 1 atom stereocenters. The summed E-state index contributed by atoms with van der Waals surface area (Å²) in [7, 11) is 0. The number of nitrogens with one attached hydrogen (secondary N) is 1. The zero-order valence-corrected chi connectivity index (χ0v) is 17.2. The molecule has 0 fully saturated rings. The maximum Gasteiger partial charge on any atom is 0.0870 e. The minimum absolute atomic E-state index is 0.102. The average molecular weight is 369 g/mol. The maximum absolute atomic E-state index is 4.49. The monoisotopic (exact) mass is 368 g/mol. The van der Waals surface area contributed by atoms with Crippen LogP contribution in [0.5, 0.6) is 0 Å². The van der Waals surface area contributed by atoms with Gasteiger partial charge >= 0.3 is 0 Å². The third-order valence-electron chi connectivity index (χ3n) is 5.09. The molecule has 0 aromatic heterocycles. The SMILES string of the molecule is C=CNC=NC(C)c1ccc(-c2ccc(-c3cccc(C)c3)cc2C)c(C)c1. The van der Waals surface area contributed by atoms with Gasteiger partial charge < -0.3 is 5.32 Å². The van der Waals surface area contributed by atoms with Crippen LogP contribution in [-0.4, -0.2) is 6.34 Å². The third kappa shape index (κ3) is 4.40. The number of aliphatic imine (C=N–C) groups is 1. The standard InChI is InChI=1S/C26H28N2/c1-6-27-17-28-21(5)22-10-12-25(19(3)15-22)26-13-11-24(16-20(26)4)23-9-7-8-18(2)14-23/h6-17,21H,1H2,2-5H3,(H,27,28). The summed E-state index contributed by atoms with van der Waals surface area (Å²) in [5.41, 5.74) is 10.1. The molecule has 0 aliphatic rings. The fraction of sp³-hybridized carbons (Fsp3) is 0.192. The van der Waals surface area contributed by atoms with Crippen molar-refractivity contribution in [1.29, 1.82) is 0 Å². The molecule has 0 bridgehead atoms. The Hall–Kier alpha value is -3.13. The molecule has 0 aliphatic carbocycles. The van der Waals surface area contributed by atoms with Gasteiger partial charge in [-0.25, -0.2) is 0 Å². The molecule has 0 radical (unpaired) electrons. The van der Waals surface area contributed by atoms with Crippen molar-refractivity contribution in [2.24, 2.45) is 4.99 Å². The van der Waals surface area contributed by atoms with Gasteiger partial charge in [-0.2, -0.15) is 0 Å². The van der Waals surface area contributed by atoms with Gasteiger partial charge in [0.15, 0.2) is 0 Å². The normalized spacial score (nSPS) is 12.1. The van der Waals surface area contributed by atoms with Crippen LogP contribution in [0.25, 0.3) is 22.3 Å². The van der Waals surface area contributed by atoms with Crippen LogP contribution in [0.4, 0.5) is 0 Å². The first kappa shape index (κ1) is 19.6. The van der Waals surface area contributed by atoms with E-state index >= 15 is 0 Å². The van der Waals surface area contributed by atoms with Crippen molar-refractivity contribution in [3.63, 3.8) is 0 Å². The highest BCUT2D eigenvalue weighted by atomic mass is 14.9. The van der Waals surface area contributed by atoms with Gasteiger partial charge in [0.1, 0.15) is 0 Å². The molecule has 0 heterocycles. The summed E-state index contributed by atoms with van der Waals surface area (Å²) in [6, 6.07) is 22.1. The molecule has 3 rings (SSSR count). The lowest BCUT2D eigenvalue weighted by atomic mass is 9.91. The van der Waals surface area contributed by atoms with E-state index in [0.717, 1.165) is 0 Å². The summed E-state index contributed by atoms with van der Waals surface area (Å²) >= 11 is 0. The van der Waals surface area contributed by atoms with Crippen LogP contribution in [0.15, 0.2) is 78.4 Å². The van der Waals surface area contributed by atoms with E-state index in [2.05, 4.69) is 105 Å². The van der Waals surface area contributed by atoms with Crippen LogP contribution < -0.4 is 5.32 Å². The molecule has 3 aromatic rings. The Morgan fingerprint density at radius 1 is 0.857 bits per heavy atom. The van der Waals surface area contributed by atoms with Crippen molar-refractivity contribution in [1.82, 2.24) is 5.32 Å². The van der Waals surface area contributed by atoms with Crippen molar-refractivity contribution < 1.29 is 0 Å². The van der Waals surface area contributed by atoms with E-state index in [1.807, 2.05) is 0 Å². The number of nitrogens with zero attached hydrogens (tertiary/aromatic N) is 1. The molecule has 28 heavy (non-hydrogen) atoms. The number of hydrogen-bond acceptors (Lipinski definition) is 1. The van der Waals surface area contributed by atoms with Crippen LogP contribution in [0.1, 0.15) is 35.2 Å². The topological polar surface area (TPSA) is 24.4 Å². The van der Waals surface area contributed by atoms with E-state index in [9.17, 15) is 0 Å². The summed E-state index contributed by atoms with van der Waals surface area (Å²) in [5, 5.41) is 2.90. The third-order valence-corrected chi connectivity index (χ3v) is 5.09. The molecule has 1 N–H and O–H groups in total. The van der Waals surface area contributed by atoms with Crippen LogP contribution in [0.2, 0.25) is 0 Å². The molecule has 0 saturated heterocycles. The zero-order valence-electron chi connectivity index (χ0n) is 17.2. The number of aryl methyl sites for hydroxylation is 3. The average Bonchev–Trinajstić information content (AvgIpc) is 2.68. The predicted octanol–water partition coefficient (Wildman–Crippen LogP) is 6.77. The Morgan fingerprint density at radius 3 is 2.18 bits per heavy atom. The number of rotatable bonds is 6. The van der Waals surface area contributed by atoms with Crippen molar-refractivity contribution in [2.75, 3.05) is 0 Å². The first-order chi connectivity index (χ1) is 13.5. The van der Waals surface area contributed by atoms with Crippen molar-refractivity contribution in [2.45, 2.75) is 33.7 Å². The Morgan fingerprint density at radius 2 is 1.54 bits per heavy atom. The molecule has 2 nitrogen and oxygen atoms in total. The van der Waals surface area contributed by atoms with Gasteiger partial charge in [-0.1, -0.05) is 72.8 Å². The number of hydrogen-bond donors (Lipinski definition) is 1. The summed E-state index contributed by atoms with van der Waals surface area (Å²) in [6.07, 6.45) is 3.31. The molecular weight excluding hydrogens is 340 g/mol. The molecule has 2 heteroatoms. The fourth-order valence-corrected chi connectivity index (χ4v) is 3.51. The summed E-state index contributed by atoms with van der Waals surface area (Å²) in [4.78, 5) is 4.49. The highest BCUT2D eigenvalue weighted by molar-refractivity contribution is 5.75. The summed E-state index contributed by atoms with van der Waals surface area (Å²) in [6.45, 7) is 12.2. The van der Waals surface area contributed by atoms with Crippen LogP contribution in [-0.2, 0) is 0 Å². The van der Waals surface area contributed by atoms with Gasteiger partial charge in [0, 0.05) is 0 Å². The van der Waals surface area contributed by atoms with Crippen molar-refractivity contribution in [3.8, 4) is 22.3 Å². The van der Waals surface area contributed by atoms with Gasteiger partial charge in [0.2, 0.25) is 0 Å². The largest absolute Gasteiger partial charge is 0.354 e. The molecule has 0 amide bonds. The first-order valence-electron chi connectivity index (χ1n) is 9.67. The van der Waals surface area contributed by atoms with E-state index in [1.54, 1.807) is 12.5 Å². The molecule has 142 valence electrons. The molecule has 0 spiro atoms.